The molecule has 1 aliphatic heterocycles. The Balaban J connectivity index is 1.94. The van der Waals surface area contributed by atoms with Crippen molar-refractivity contribution in [3.63, 3.8) is 0 Å². The van der Waals surface area contributed by atoms with Gasteiger partial charge in [0.1, 0.15) is 0 Å². The van der Waals surface area contributed by atoms with Gasteiger partial charge >= 0.3 is 0 Å². The van der Waals surface area contributed by atoms with Gasteiger partial charge < -0.3 is 0 Å². The van der Waals surface area contributed by atoms with Crippen LogP contribution in [0.3, 0.4) is 0 Å². The van der Waals surface area contributed by atoms with Crippen LogP contribution in [0.15, 0.2) is 0 Å². The van der Waals surface area contributed by atoms with Crippen LogP contribution in [-0.4, -0.2) is 23.5 Å². The fourth-order valence-electron chi connectivity index (χ4n) is 2.89. The van der Waals surface area contributed by atoms with Crippen LogP contribution >= 0.6 is 0 Å². The van der Waals surface area contributed by atoms with E-state index in [2.05, 4.69) is 11.8 Å². The molecule has 0 amide bonds. The largest absolute Gasteiger partial charge is 0.298 e. The maximum Gasteiger partial charge on any atom is 0.0210 e. The molecule has 1 heteroatoms. The molecule has 0 aromatic carbocycles. The Hall–Kier alpha value is -0.0400. The van der Waals surface area contributed by atoms with Crippen LogP contribution < -0.4 is 0 Å². The third kappa shape index (κ3) is 2.07. The van der Waals surface area contributed by atoms with Gasteiger partial charge in [-0.3, -0.25) is 4.90 Å². The van der Waals surface area contributed by atoms with E-state index in [1.165, 1.54) is 64.5 Å². The predicted molar refractivity (Wildman–Crippen MR) is 56.6 cm³/mol. The molecule has 0 aromatic rings. The van der Waals surface area contributed by atoms with Crippen LogP contribution in [0.5, 0.6) is 0 Å². The van der Waals surface area contributed by atoms with Gasteiger partial charge in [0, 0.05) is 5.54 Å². The molecule has 1 aliphatic carbocycles. The molecule has 0 spiro atoms. The lowest BCUT2D eigenvalue weighted by atomic mass is 9.81. The molecule has 2 fully saturated rings. The van der Waals surface area contributed by atoms with Gasteiger partial charge in [0.25, 0.3) is 0 Å². The number of likely N-dealkylation sites (tertiary alicyclic amines) is 1. The zero-order valence-corrected chi connectivity index (χ0v) is 8.73. The van der Waals surface area contributed by atoms with Crippen molar-refractivity contribution < 1.29 is 0 Å². The summed E-state index contributed by atoms with van der Waals surface area (Å²) in [5.41, 5.74) is 0.332. The van der Waals surface area contributed by atoms with Gasteiger partial charge in [-0.05, 0) is 45.7 Å². The molecule has 1 nitrogen and oxygen atoms in total. The van der Waals surface area contributed by atoms with Crippen molar-refractivity contribution in [1.29, 1.82) is 0 Å². The highest BCUT2D eigenvalue weighted by Gasteiger charge is 2.33. The second-order valence-corrected chi connectivity index (χ2v) is 4.83. The topological polar surface area (TPSA) is 3.24 Å². The summed E-state index contributed by atoms with van der Waals surface area (Å²) in [7, 11) is 0. The third-order valence-electron chi connectivity index (χ3n) is 3.81. The van der Waals surface area contributed by atoms with Crippen LogP contribution in [0.2, 0.25) is 0 Å². The van der Waals surface area contributed by atoms with Crippen LogP contribution in [0, 0.1) is 6.92 Å². The van der Waals surface area contributed by atoms with E-state index in [1.54, 1.807) is 0 Å². The predicted octanol–water partition coefficient (Wildman–Crippen LogP) is 3.01. The summed E-state index contributed by atoms with van der Waals surface area (Å²) in [6.07, 6.45) is 11.2. The second-order valence-electron chi connectivity index (χ2n) is 4.83. The Morgan fingerprint density at radius 2 is 1.31 bits per heavy atom. The zero-order valence-electron chi connectivity index (χ0n) is 8.73. The van der Waals surface area contributed by atoms with Crippen molar-refractivity contribution in [3.8, 4) is 0 Å². The third-order valence-corrected chi connectivity index (χ3v) is 3.81. The van der Waals surface area contributed by atoms with Crippen LogP contribution in [0.1, 0.15) is 51.4 Å². The van der Waals surface area contributed by atoms with Gasteiger partial charge in [0.2, 0.25) is 0 Å². The minimum atomic E-state index is 0.332. The van der Waals surface area contributed by atoms with Crippen molar-refractivity contribution in [1.82, 2.24) is 4.90 Å². The molecule has 1 saturated heterocycles. The summed E-state index contributed by atoms with van der Waals surface area (Å²) < 4.78 is 0. The highest BCUT2D eigenvalue weighted by molar-refractivity contribution is 4.96. The van der Waals surface area contributed by atoms with Crippen LogP contribution in [0.4, 0.5) is 0 Å². The molecule has 0 aromatic heterocycles. The van der Waals surface area contributed by atoms with Gasteiger partial charge in [0.15, 0.2) is 0 Å². The van der Waals surface area contributed by atoms with Crippen LogP contribution in [0.25, 0.3) is 0 Å². The summed E-state index contributed by atoms with van der Waals surface area (Å²) in [5, 5.41) is 0. The Bertz CT molecular complexity index is 153. The smallest absolute Gasteiger partial charge is 0.0210 e. The first-order valence-corrected chi connectivity index (χ1v) is 5.92. The molecule has 2 aliphatic rings. The van der Waals surface area contributed by atoms with E-state index in [-0.39, 0.29) is 0 Å². The highest BCUT2D eigenvalue weighted by atomic mass is 15.2. The maximum atomic E-state index is 4.48. The molecular formula is C12H22N. The Labute approximate surface area is 82.5 Å². The number of hydrogen-bond donors (Lipinski definition) is 0. The average Bonchev–Trinajstić information content (AvgIpc) is 2.20. The lowest BCUT2D eigenvalue weighted by Gasteiger charge is -2.45. The van der Waals surface area contributed by atoms with E-state index < -0.39 is 0 Å². The summed E-state index contributed by atoms with van der Waals surface area (Å²) >= 11 is 0. The number of hydrogen-bond acceptors (Lipinski definition) is 1. The fraction of sp³-hybridized carbons (Fsp3) is 0.917. The first-order chi connectivity index (χ1) is 6.31. The zero-order chi connectivity index (χ0) is 9.15. The van der Waals surface area contributed by atoms with E-state index in [0.29, 0.717) is 5.54 Å². The molecule has 1 heterocycles. The first-order valence-electron chi connectivity index (χ1n) is 5.92. The van der Waals surface area contributed by atoms with Crippen molar-refractivity contribution in [2.75, 3.05) is 13.1 Å². The number of rotatable bonds is 1. The van der Waals surface area contributed by atoms with Crippen LogP contribution in [-0.2, 0) is 0 Å². The fourth-order valence-corrected chi connectivity index (χ4v) is 2.89. The van der Waals surface area contributed by atoms with Crippen molar-refractivity contribution >= 4 is 0 Å². The molecular weight excluding hydrogens is 158 g/mol. The molecule has 0 unspecified atom stereocenters. The molecule has 1 radical (unpaired) electrons. The van der Waals surface area contributed by atoms with E-state index in [9.17, 15) is 0 Å². The van der Waals surface area contributed by atoms with E-state index in [1.807, 2.05) is 0 Å². The Kier molecular flexibility index (Phi) is 2.92. The SMILES string of the molecule is [CH2]C1(N2CCCCC2)CCCCC1. The Morgan fingerprint density at radius 3 is 1.92 bits per heavy atom. The second kappa shape index (κ2) is 4.00. The molecule has 0 N–H and O–H groups in total. The van der Waals surface area contributed by atoms with E-state index in [0.717, 1.165) is 0 Å². The van der Waals surface area contributed by atoms with E-state index >= 15 is 0 Å². The monoisotopic (exact) mass is 180 g/mol. The average molecular weight is 180 g/mol. The van der Waals surface area contributed by atoms with Crippen molar-refractivity contribution in [2.45, 2.75) is 56.9 Å². The summed E-state index contributed by atoms with van der Waals surface area (Å²) in [6, 6.07) is 0. The number of piperidine rings is 1. The molecule has 0 atom stereocenters. The maximum absolute atomic E-state index is 4.48. The summed E-state index contributed by atoms with van der Waals surface area (Å²) in [6.45, 7) is 7.10. The molecule has 75 valence electrons. The lowest BCUT2D eigenvalue weighted by molar-refractivity contribution is 0.0694. The molecule has 13 heavy (non-hydrogen) atoms. The standard InChI is InChI=1S/C12H22N/c1-12(8-4-2-5-9-12)13-10-6-3-7-11-13/h1-11H2. The highest BCUT2D eigenvalue weighted by Crippen LogP contribution is 2.34. The summed E-state index contributed by atoms with van der Waals surface area (Å²) in [5.74, 6) is 0. The summed E-state index contributed by atoms with van der Waals surface area (Å²) in [4.78, 5) is 2.66. The first kappa shape index (κ1) is 9.51. The van der Waals surface area contributed by atoms with Gasteiger partial charge in [-0.1, -0.05) is 25.7 Å². The van der Waals surface area contributed by atoms with Gasteiger partial charge in [0.05, 0.1) is 0 Å². The minimum Gasteiger partial charge on any atom is -0.298 e. The van der Waals surface area contributed by atoms with Crippen molar-refractivity contribution in [3.05, 3.63) is 6.92 Å². The molecule has 1 saturated carbocycles. The lowest BCUT2D eigenvalue weighted by Crippen LogP contribution is -2.50. The van der Waals surface area contributed by atoms with Crippen molar-refractivity contribution in [2.24, 2.45) is 0 Å². The van der Waals surface area contributed by atoms with E-state index in [4.69, 9.17) is 0 Å². The van der Waals surface area contributed by atoms with Gasteiger partial charge in [-0.25, -0.2) is 0 Å². The quantitative estimate of drug-likeness (QED) is 0.599. The van der Waals surface area contributed by atoms with Gasteiger partial charge in [-0.15, -0.1) is 0 Å². The van der Waals surface area contributed by atoms with Gasteiger partial charge in [-0.2, -0.15) is 0 Å². The normalized spacial score (nSPS) is 30.2. The molecule has 0 bridgehead atoms. The molecule has 2 rings (SSSR count). The minimum absolute atomic E-state index is 0.332. The number of nitrogens with zero attached hydrogens (tertiary/aromatic N) is 1. The Morgan fingerprint density at radius 1 is 0.769 bits per heavy atom.